The zero-order valence-electron chi connectivity index (χ0n) is 6.38. The van der Waals surface area contributed by atoms with Crippen LogP contribution in [0.25, 0.3) is 0 Å². The Morgan fingerprint density at radius 3 is 2.80 bits per heavy atom. The minimum absolute atomic E-state index is 0.108. The van der Waals surface area contributed by atoms with Gasteiger partial charge in [-0.2, -0.15) is 5.26 Å². The van der Waals surface area contributed by atoms with Gasteiger partial charge in [0.15, 0.2) is 0 Å². The summed E-state index contributed by atoms with van der Waals surface area (Å²) in [5, 5.41) is 17.0. The highest BCUT2D eigenvalue weighted by molar-refractivity contribution is 4.85. The molecule has 0 aliphatic heterocycles. The van der Waals surface area contributed by atoms with Crippen LogP contribution in [-0.4, -0.2) is 11.7 Å². The zero-order chi connectivity index (χ0) is 7.82. The molecular weight excluding hydrogens is 126 g/mol. The smallest absolute Gasteiger partial charge is 0.0655 e. The predicted molar refractivity (Wildman–Crippen MR) is 40.0 cm³/mol. The molecule has 0 aromatic carbocycles. The lowest BCUT2D eigenvalue weighted by atomic mass is 10.0. The molecule has 0 saturated carbocycles. The average molecular weight is 140 g/mol. The molecule has 0 aromatic rings. The highest BCUT2D eigenvalue weighted by atomic mass is 16.2. The van der Waals surface area contributed by atoms with E-state index in [4.69, 9.17) is 10.4 Å². The van der Waals surface area contributed by atoms with Crippen LogP contribution in [0, 0.1) is 23.7 Å². The SMILES string of the molecule is C[CH]CC(C#N)CCCO. The van der Waals surface area contributed by atoms with E-state index in [1.807, 2.05) is 13.3 Å². The van der Waals surface area contributed by atoms with E-state index >= 15 is 0 Å². The molecule has 2 heteroatoms. The van der Waals surface area contributed by atoms with Crippen molar-refractivity contribution in [1.29, 1.82) is 5.26 Å². The third-order valence-corrected chi connectivity index (χ3v) is 1.41. The van der Waals surface area contributed by atoms with E-state index in [0.29, 0.717) is 0 Å². The fourth-order valence-corrected chi connectivity index (χ4v) is 0.857. The fraction of sp³-hybridized carbons (Fsp3) is 0.750. The first kappa shape index (κ1) is 9.45. The number of aliphatic hydroxyl groups excluding tert-OH is 1. The van der Waals surface area contributed by atoms with Crippen LogP contribution in [0.4, 0.5) is 0 Å². The van der Waals surface area contributed by atoms with Crippen molar-refractivity contribution >= 4 is 0 Å². The molecule has 0 bridgehead atoms. The van der Waals surface area contributed by atoms with Gasteiger partial charge in [0.2, 0.25) is 0 Å². The second-order valence-electron chi connectivity index (χ2n) is 2.34. The molecule has 0 amide bonds. The molecule has 0 rings (SSSR count). The number of nitrogens with zero attached hydrogens (tertiary/aromatic N) is 1. The van der Waals surface area contributed by atoms with Crippen LogP contribution >= 0.6 is 0 Å². The van der Waals surface area contributed by atoms with Crippen molar-refractivity contribution in [3.05, 3.63) is 6.42 Å². The van der Waals surface area contributed by atoms with Gasteiger partial charge in [-0.3, -0.25) is 0 Å². The molecule has 1 radical (unpaired) electrons. The van der Waals surface area contributed by atoms with Crippen LogP contribution in [0.2, 0.25) is 0 Å². The van der Waals surface area contributed by atoms with Gasteiger partial charge in [-0.25, -0.2) is 0 Å². The Bertz CT molecular complexity index is 106. The molecule has 1 atom stereocenters. The van der Waals surface area contributed by atoms with Crippen LogP contribution < -0.4 is 0 Å². The van der Waals surface area contributed by atoms with E-state index in [9.17, 15) is 0 Å². The monoisotopic (exact) mass is 140 g/mol. The van der Waals surface area contributed by atoms with Crippen LogP contribution in [0.5, 0.6) is 0 Å². The number of hydrogen-bond donors (Lipinski definition) is 1. The van der Waals surface area contributed by atoms with Crippen LogP contribution in [0.15, 0.2) is 0 Å². The summed E-state index contributed by atoms with van der Waals surface area (Å²) in [4.78, 5) is 0. The van der Waals surface area contributed by atoms with Gasteiger partial charge >= 0.3 is 0 Å². The first-order valence-corrected chi connectivity index (χ1v) is 3.63. The summed E-state index contributed by atoms with van der Waals surface area (Å²) < 4.78 is 0. The lowest BCUT2D eigenvalue weighted by Crippen LogP contribution is -1.97. The molecule has 1 N–H and O–H groups in total. The summed E-state index contributed by atoms with van der Waals surface area (Å²) in [5.41, 5.74) is 0. The molecule has 1 unspecified atom stereocenters. The molecule has 57 valence electrons. The van der Waals surface area contributed by atoms with Gasteiger partial charge in [-0.1, -0.05) is 6.92 Å². The maximum atomic E-state index is 8.53. The zero-order valence-corrected chi connectivity index (χ0v) is 6.38. The van der Waals surface area contributed by atoms with E-state index in [0.717, 1.165) is 19.3 Å². The van der Waals surface area contributed by atoms with Crippen molar-refractivity contribution in [3.8, 4) is 6.07 Å². The Kier molecular flexibility index (Phi) is 6.21. The van der Waals surface area contributed by atoms with Crippen molar-refractivity contribution in [1.82, 2.24) is 0 Å². The lowest BCUT2D eigenvalue weighted by Gasteiger charge is -2.03. The molecule has 0 aliphatic carbocycles. The highest BCUT2D eigenvalue weighted by Crippen LogP contribution is 2.10. The maximum Gasteiger partial charge on any atom is 0.0655 e. The predicted octanol–water partition coefficient (Wildman–Crippen LogP) is 1.51. The first-order chi connectivity index (χ1) is 4.85. The van der Waals surface area contributed by atoms with Gasteiger partial charge in [0.05, 0.1) is 6.07 Å². The first-order valence-electron chi connectivity index (χ1n) is 3.63. The normalized spacial score (nSPS) is 12.5. The lowest BCUT2D eigenvalue weighted by molar-refractivity contribution is 0.277. The molecule has 0 saturated heterocycles. The second-order valence-corrected chi connectivity index (χ2v) is 2.34. The molecule has 2 nitrogen and oxygen atoms in total. The average Bonchev–Trinajstić information content (AvgIpc) is 1.98. The summed E-state index contributed by atoms with van der Waals surface area (Å²) in [6.07, 6.45) is 4.39. The van der Waals surface area contributed by atoms with E-state index in [1.54, 1.807) is 0 Å². The molecule has 0 aliphatic rings. The largest absolute Gasteiger partial charge is 0.396 e. The van der Waals surface area contributed by atoms with Crippen molar-refractivity contribution in [2.45, 2.75) is 26.2 Å². The summed E-state index contributed by atoms with van der Waals surface area (Å²) in [7, 11) is 0. The van der Waals surface area contributed by atoms with Crippen molar-refractivity contribution in [2.75, 3.05) is 6.61 Å². The van der Waals surface area contributed by atoms with Gasteiger partial charge in [-0.05, 0) is 25.7 Å². The van der Waals surface area contributed by atoms with E-state index in [-0.39, 0.29) is 12.5 Å². The van der Waals surface area contributed by atoms with Gasteiger partial charge in [0.25, 0.3) is 0 Å². The summed E-state index contributed by atoms with van der Waals surface area (Å²) in [5.74, 6) is 0.108. The Morgan fingerprint density at radius 2 is 2.40 bits per heavy atom. The minimum atomic E-state index is 0.108. The Labute approximate surface area is 62.5 Å². The van der Waals surface area contributed by atoms with Gasteiger partial charge < -0.3 is 5.11 Å². The van der Waals surface area contributed by atoms with E-state index < -0.39 is 0 Å². The van der Waals surface area contributed by atoms with Crippen molar-refractivity contribution < 1.29 is 5.11 Å². The van der Waals surface area contributed by atoms with Crippen molar-refractivity contribution in [3.63, 3.8) is 0 Å². The maximum absolute atomic E-state index is 8.53. The third kappa shape index (κ3) is 4.34. The van der Waals surface area contributed by atoms with Crippen LogP contribution in [0.1, 0.15) is 26.2 Å². The Morgan fingerprint density at radius 1 is 1.70 bits per heavy atom. The van der Waals surface area contributed by atoms with E-state index in [2.05, 4.69) is 6.07 Å². The van der Waals surface area contributed by atoms with Gasteiger partial charge in [-0.15, -0.1) is 0 Å². The minimum Gasteiger partial charge on any atom is -0.396 e. The topological polar surface area (TPSA) is 44.0 Å². The van der Waals surface area contributed by atoms with Gasteiger partial charge in [0, 0.05) is 12.5 Å². The summed E-state index contributed by atoms with van der Waals surface area (Å²) in [6.45, 7) is 2.14. The molecule has 0 aromatic heterocycles. The summed E-state index contributed by atoms with van der Waals surface area (Å²) in [6, 6.07) is 2.20. The highest BCUT2D eigenvalue weighted by Gasteiger charge is 2.03. The number of rotatable bonds is 5. The van der Waals surface area contributed by atoms with Crippen LogP contribution in [-0.2, 0) is 0 Å². The van der Waals surface area contributed by atoms with E-state index in [1.165, 1.54) is 0 Å². The quantitative estimate of drug-likeness (QED) is 0.629. The number of hydrogen-bond acceptors (Lipinski definition) is 2. The molecule has 10 heavy (non-hydrogen) atoms. The van der Waals surface area contributed by atoms with Gasteiger partial charge in [0.1, 0.15) is 0 Å². The fourth-order valence-electron chi connectivity index (χ4n) is 0.857. The molecule has 0 spiro atoms. The Balaban J connectivity index is 3.33. The Hall–Kier alpha value is -0.550. The summed E-state index contributed by atoms with van der Waals surface area (Å²) >= 11 is 0. The number of aliphatic hydroxyl groups is 1. The molecular formula is C8H14NO. The number of nitriles is 1. The third-order valence-electron chi connectivity index (χ3n) is 1.41. The van der Waals surface area contributed by atoms with Crippen molar-refractivity contribution in [2.24, 2.45) is 5.92 Å². The second kappa shape index (κ2) is 6.57. The molecule has 0 fully saturated rings. The molecule has 0 heterocycles. The van der Waals surface area contributed by atoms with Crippen LogP contribution in [0.3, 0.4) is 0 Å². The standard InChI is InChI=1S/C8H14NO/c1-2-4-8(7-9)5-3-6-10/h2,8,10H,3-6H2,1H3.